The van der Waals surface area contributed by atoms with E-state index in [0.717, 1.165) is 5.56 Å². The first-order valence-corrected chi connectivity index (χ1v) is 5.98. The lowest BCUT2D eigenvalue weighted by Gasteiger charge is -2.14. The lowest BCUT2D eigenvalue weighted by Crippen LogP contribution is -2.37. The quantitative estimate of drug-likeness (QED) is 0.742. The minimum atomic E-state index is -1.02. The zero-order valence-electron chi connectivity index (χ0n) is 11.3. The minimum absolute atomic E-state index is 0.0160. The summed E-state index contributed by atoms with van der Waals surface area (Å²) in [5.74, 6) is -1.56. The van der Waals surface area contributed by atoms with Gasteiger partial charge in [-0.3, -0.25) is 4.79 Å². The number of amides is 2. The SMILES string of the molecule is COC(CNC(=O)Nc1ccc(C)cc1F)CC(=O)O. The van der Waals surface area contributed by atoms with Crippen molar-refractivity contribution in [1.82, 2.24) is 5.32 Å². The van der Waals surface area contributed by atoms with Crippen LogP contribution in [0.4, 0.5) is 14.9 Å². The van der Waals surface area contributed by atoms with E-state index < -0.39 is 23.9 Å². The van der Waals surface area contributed by atoms with Crippen molar-refractivity contribution < 1.29 is 23.8 Å². The standard InChI is InChI=1S/C13H17FN2O4/c1-8-3-4-11(10(14)5-8)16-13(19)15-7-9(20-2)6-12(17)18/h3-5,9H,6-7H2,1-2H3,(H,17,18)(H2,15,16,19). The van der Waals surface area contributed by atoms with Crippen molar-refractivity contribution in [1.29, 1.82) is 0 Å². The summed E-state index contributed by atoms with van der Waals surface area (Å²) in [6, 6.07) is 3.80. The summed E-state index contributed by atoms with van der Waals surface area (Å²) in [6.45, 7) is 1.75. The van der Waals surface area contributed by atoms with Gasteiger partial charge in [0, 0.05) is 13.7 Å². The van der Waals surface area contributed by atoms with Gasteiger partial charge in [0.1, 0.15) is 5.82 Å². The van der Waals surface area contributed by atoms with E-state index in [2.05, 4.69) is 10.6 Å². The number of hydrogen-bond acceptors (Lipinski definition) is 3. The number of rotatable bonds is 6. The molecular formula is C13H17FN2O4. The number of aryl methyl sites for hydroxylation is 1. The van der Waals surface area contributed by atoms with E-state index in [1.165, 1.54) is 19.2 Å². The van der Waals surface area contributed by atoms with Crippen molar-refractivity contribution in [2.75, 3.05) is 19.0 Å². The van der Waals surface area contributed by atoms with Gasteiger partial charge in [0.15, 0.2) is 0 Å². The molecule has 0 saturated heterocycles. The molecule has 6 nitrogen and oxygen atoms in total. The Kier molecular flexibility index (Phi) is 5.92. The fraction of sp³-hybridized carbons (Fsp3) is 0.385. The highest BCUT2D eigenvalue weighted by atomic mass is 19.1. The maximum absolute atomic E-state index is 13.5. The van der Waals surface area contributed by atoms with Crippen LogP contribution in [-0.2, 0) is 9.53 Å². The number of carboxylic acids is 1. The highest BCUT2D eigenvalue weighted by Gasteiger charge is 2.14. The zero-order valence-corrected chi connectivity index (χ0v) is 11.3. The molecule has 0 heterocycles. The Morgan fingerprint density at radius 2 is 2.15 bits per heavy atom. The molecule has 0 bridgehead atoms. The smallest absolute Gasteiger partial charge is 0.319 e. The number of halogens is 1. The number of carboxylic acid groups (broad SMARTS) is 1. The van der Waals surface area contributed by atoms with Crippen LogP contribution >= 0.6 is 0 Å². The maximum Gasteiger partial charge on any atom is 0.319 e. The summed E-state index contributed by atoms with van der Waals surface area (Å²) in [7, 11) is 1.35. The third-order valence-electron chi connectivity index (χ3n) is 2.60. The van der Waals surface area contributed by atoms with Crippen LogP contribution in [0.1, 0.15) is 12.0 Å². The minimum Gasteiger partial charge on any atom is -0.481 e. The third kappa shape index (κ3) is 5.23. The van der Waals surface area contributed by atoms with Crippen LogP contribution in [0, 0.1) is 12.7 Å². The topological polar surface area (TPSA) is 87.7 Å². The number of aliphatic carboxylic acids is 1. The number of ether oxygens (including phenoxy) is 1. The molecule has 1 unspecified atom stereocenters. The summed E-state index contributed by atoms with van der Waals surface area (Å²) in [5.41, 5.74) is 0.801. The molecule has 3 N–H and O–H groups in total. The van der Waals surface area contributed by atoms with E-state index in [0.29, 0.717) is 0 Å². The highest BCUT2D eigenvalue weighted by Crippen LogP contribution is 2.14. The normalized spacial score (nSPS) is 11.8. The highest BCUT2D eigenvalue weighted by molar-refractivity contribution is 5.89. The second kappa shape index (κ2) is 7.44. The van der Waals surface area contributed by atoms with E-state index in [1.807, 2.05) is 0 Å². The number of nitrogens with one attached hydrogen (secondary N) is 2. The molecule has 0 radical (unpaired) electrons. The van der Waals surface area contributed by atoms with Crippen LogP contribution < -0.4 is 10.6 Å². The molecule has 0 saturated carbocycles. The molecule has 0 aliphatic rings. The molecule has 0 aliphatic heterocycles. The van der Waals surface area contributed by atoms with Crippen molar-refractivity contribution in [2.45, 2.75) is 19.4 Å². The van der Waals surface area contributed by atoms with Gasteiger partial charge >= 0.3 is 12.0 Å². The Labute approximate surface area is 115 Å². The Balaban J connectivity index is 2.49. The molecule has 0 fully saturated rings. The fourth-order valence-corrected chi connectivity index (χ4v) is 1.53. The summed E-state index contributed by atoms with van der Waals surface area (Å²) in [5, 5.41) is 13.4. The van der Waals surface area contributed by atoms with Crippen molar-refractivity contribution >= 4 is 17.7 Å². The Morgan fingerprint density at radius 1 is 1.45 bits per heavy atom. The van der Waals surface area contributed by atoms with Gasteiger partial charge in [-0.15, -0.1) is 0 Å². The second-order valence-electron chi connectivity index (χ2n) is 4.27. The van der Waals surface area contributed by atoms with Crippen LogP contribution in [0.2, 0.25) is 0 Å². The lowest BCUT2D eigenvalue weighted by molar-refractivity contribution is -0.139. The summed E-state index contributed by atoms with van der Waals surface area (Å²) < 4.78 is 18.4. The summed E-state index contributed by atoms with van der Waals surface area (Å²) >= 11 is 0. The number of carbonyl (C=O) groups is 2. The largest absolute Gasteiger partial charge is 0.481 e. The number of benzene rings is 1. The molecule has 1 aromatic carbocycles. The zero-order chi connectivity index (χ0) is 15.1. The van der Waals surface area contributed by atoms with Gasteiger partial charge in [0.05, 0.1) is 18.2 Å². The Bertz CT molecular complexity index is 493. The molecule has 0 spiro atoms. The van der Waals surface area contributed by atoms with Crippen molar-refractivity contribution in [3.63, 3.8) is 0 Å². The lowest BCUT2D eigenvalue weighted by atomic mass is 10.2. The van der Waals surface area contributed by atoms with E-state index in [1.54, 1.807) is 13.0 Å². The first-order chi connectivity index (χ1) is 9.42. The van der Waals surface area contributed by atoms with Gasteiger partial charge in [0.25, 0.3) is 0 Å². The number of carbonyl (C=O) groups excluding carboxylic acids is 1. The molecule has 0 aromatic heterocycles. The molecule has 20 heavy (non-hydrogen) atoms. The monoisotopic (exact) mass is 284 g/mol. The van der Waals surface area contributed by atoms with Gasteiger partial charge in [-0.1, -0.05) is 6.07 Å². The molecule has 7 heteroatoms. The average Bonchev–Trinajstić information content (AvgIpc) is 2.37. The fourth-order valence-electron chi connectivity index (χ4n) is 1.53. The van der Waals surface area contributed by atoms with Crippen LogP contribution in [0.25, 0.3) is 0 Å². The predicted octanol–water partition coefficient (Wildman–Crippen LogP) is 1.75. The molecular weight excluding hydrogens is 267 g/mol. The molecule has 1 rings (SSSR count). The maximum atomic E-state index is 13.5. The van der Waals surface area contributed by atoms with Crippen molar-refractivity contribution in [3.8, 4) is 0 Å². The molecule has 0 aliphatic carbocycles. The van der Waals surface area contributed by atoms with Gasteiger partial charge < -0.3 is 20.5 Å². The van der Waals surface area contributed by atoms with Crippen LogP contribution in [0.5, 0.6) is 0 Å². The van der Waals surface area contributed by atoms with E-state index in [4.69, 9.17) is 9.84 Å². The van der Waals surface area contributed by atoms with Gasteiger partial charge in [-0.25, -0.2) is 9.18 Å². The first-order valence-electron chi connectivity index (χ1n) is 5.98. The predicted molar refractivity (Wildman–Crippen MR) is 71.2 cm³/mol. The van der Waals surface area contributed by atoms with Crippen LogP contribution in [0.15, 0.2) is 18.2 Å². The third-order valence-corrected chi connectivity index (χ3v) is 2.60. The van der Waals surface area contributed by atoms with Crippen LogP contribution in [-0.4, -0.2) is 36.9 Å². The van der Waals surface area contributed by atoms with Gasteiger partial charge in [-0.2, -0.15) is 0 Å². The molecule has 1 atom stereocenters. The number of urea groups is 1. The van der Waals surface area contributed by atoms with E-state index in [9.17, 15) is 14.0 Å². The van der Waals surface area contributed by atoms with E-state index in [-0.39, 0.29) is 18.7 Å². The summed E-state index contributed by atoms with van der Waals surface area (Å²) in [6.07, 6.45) is -0.864. The van der Waals surface area contributed by atoms with Gasteiger partial charge in [-0.05, 0) is 24.6 Å². The van der Waals surface area contributed by atoms with E-state index >= 15 is 0 Å². The molecule has 2 amide bonds. The summed E-state index contributed by atoms with van der Waals surface area (Å²) in [4.78, 5) is 22.1. The number of methoxy groups -OCH3 is 1. The van der Waals surface area contributed by atoms with Crippen LogP contribution in [0.3, 0.4) is 0 Å². The first kappa shape index (κ1) is 15.9. The van der Waals surface area contributed by atoms with Crippen molar-refractivity contribution in [2.24, 2.45) is 0 Å². The second-order valence-corrected chi connectivity index (χ2v) is 4.27. The molecule has 110 valence electrons. The number of hydrogen-bond donors (Lipinski definition) is 3. The average molecular weight is 284 g/mol. The molecule has 1 aromatic rings. The van der Waals surface area contributed by atoms with Crippen molar-refractivity contribution in [3.05, 3.63) is 29.6 Å². The Hall–Kier alpha value is -2.15. The van der Waals surface area contributed by atoms with Gasteiger partial charge in [0.2, 0.25) is 0 Å². The Morgan fingerprint density at radius 3 is 2.70 bits per heavy atom. The number of anilines is 1.